The highest BCUT2D eigenvalue weighted by molar-refractivity contribution is 6.35. The number of rotatable bonds is 2. The van der Waals surface area contributed by atoms with E-state index in [1.165, 1.54) is 0 Å². The van der Waals surface area contributed by atoms with Gasteiger partial charge in [-0.3, -0.25) is 0 Å². The molecule has 0 saturated heterocycles. The van der Waals surface area contributed by atoms with Crippen molar-refractivity contribution >= 4 is 28.9 Å². The van der Waals surface area contributed by atoms with E-state index in [2.05, 4.69) is 11.4 Å². The standard InChI is InChI=1S/C12H12Cl2N2/c13-9-4-5-10(14)12(6-9)16-11-3-1-2-8(11)7-15/h4-6,8,11,16H,1-3H2. The van der Waals surface area contributed by atoms with Crippen LogP contribution in [0.5, 0.6) is 0 Å². The monoisotopic (exact) mass is 254 g/mol. The summed E-state index contributed by atoms with van der Waals surface area (Å²) in [6.45, 7) is 0. The second kappa shape index (κ2) is 4.95. The predicted molar refractivity (Wildman–Crippen MR) is 66.8 cm³/mol. The molecule has 0 spiro atoms. The van der Waals surface area contributed by atoms with Crippen LogP contribution in [0.15, 0.2) is 18.2 Å². The lowest BCUT2D eigenvalue weighted by Crippen LogP contribution is -2.22. The van der Waals surface area contributed by atoms with Crippen molar-refractivity contribution in [3.63, 3.8) is 0 Å². The molecule has 0 aromatic heterocycles. The Balaban J connectivity index is 2.14. The number of halogens is 2. The molecular weight excluding hydrogens is 243 g/mol. The molecule has 0 amide bonds. The number of benzene rings is 1. The van der Waals surface area contributed by atoms with E-state index >= 15 is 0 Å². The zero-order valence-corrected chi connectivity index (χ0v) is 10.2. The molecule has 16 heavy (non-hydrogen) atoms. The van der Waals surface area contributed by atoms with Crippen LogP contribution < -0.4 is 5.32 Å². The van der Waals surface area contributed by atoms with Gasteiger partial charge < -0.3 is 5.32 Å². The smallest absolute Gasteiger partial charge is 0.0677 e. The van der Waals surface area contributed by atoms with E-state index in [1.807, 2.05) is 0 Å². The van der Waals surface area contributed by atoms with E-state index in [1.54, 1.807) is 18.2 Å². The number of anilines is 1. The van der Waals surface area contributed by atoms with Gasteiger partial charge in [0.05, 0.1) is 22.7 Å². The summed E-state index contributed by atoms with van der Waals surface area (Å²) >= 11 is 12.0. The Bertz CT molecular complexity index is 426. The van der Waals surface area contributed by atoms with Gasteiger partial charge in [-0.15, -0.1) is 0 Å². The van der Waals surface area contributed by atoms with Crippen LogP contribution in [0.4, 0.5) is 5.69 Å². The summed E-state index contributed by atoms with van der Waals surface area (Å²) in [7, 11) is 0. The van der Waals surface area contributed by atoms with Gasteiger partial charge in [-0.05, 0) is 37.5 Å². The Morgan fingerprint density at radius 2 is 2.12 bits per heavy atom. The Kier molecular flexibility index (Phi) is 3.58. The number of hydrogen-bond donors (Lipinski definition) is 1. The molecule has 1 aromatic carbocycles. The first-order chi connectivity index (χ1) is 7.70. The Morgan fingerprint density at radius 1 is 1.31 bits per heavy atom. The van der Waals surface area contributed by atoms with Gasteiger partial charge in [0, 0.05) is 11.1 Å². The van der Waals surface area contributed by atoms with Crippen molar-refractivity contribution in [2.24, 2.45) is 5.92 Å². The lowest BCUT2D eigenvalue weighted by molar-refractivity contribution is 0.630. The number of nitrogens with one attached hydrogen (secondary N) is 1. The van der Waals surface area contributed by atoms with Crippen molar-refractivity contribution < 1.29 is 0 Å². The summed E-state index contributed by atoms with van der Waals surface area (Å²) in [6.07, 6.45) is 3.07. The predicted octanol–water partition coefficient (Wildman–Crippen LogP) is 4.10. The fraction of sp³-hybridized carbons (Fsp3) is 0.417. The number of nitriles is 1. The van der Waals surface area contributed by atoms with Crippen LogP contribution >= 0.6 is 23.2 Å². The van der Waals surface area contributed by atoms with Crippen LogP contribution in [0.2, 0.25) is 10.0 Å². The third-order valence-electron chi connectivity index (χ3n) is 2.95. The van der Waals surface area contributed by atoms with Gasteiger partial charge in [0.25, 0.3) is 0 Å². The minimum Gasteiger partial charge on any atom is -0.380 e. The lowest BCUT2D eigenvalue weighted by Gasteiger charge is -2.18. The van der Waals surface area contributed by atoms with Gasteiger partial charge in [0.15, 0.2) is 0 Å². The van der Waals surface area contributed by atoms with Crippen LogP contribution in [0.3, 0.4) is 0 Å². The molecule has 2 nitrogen and oxygen atoms in total. The van der Waals surface area contributed by atoms with Gasteiger partial charge in [-0.2, -0.15) is 5.26 Å². The summed E-state index contributed by atoms with van der Waals surface area (Å²) in [4.78, 5) is 0. The molecule has 0 aliphatic heterocycles. The van der Waals surface area contributed by atoms with E-state index in [0.717, 1.165) is 24.9 Å². The fourth-order valence-electron chi connectivity index (χ4n) is 2.10. The van der Waals surface area contributed by atoms with Gasteiger partial charge in [-0.1, -0.05) is 23.2 Å². The third kappa shape index (κ3) is 2.42. The Morgan fingerprint density at radius 3 is 2.88 bits per heavy atom. The van der Waals surface area contributed by atoms with Gasteiger partial charge in [-0.25, -0.2) is 0 Å². The van der Waals surface area contributed by atoms with Crippen LogP contribution in [-0.2, 0) is 0 Å². The first-order valence-corrected chi connectivity index (χ1v) is 6.07. The molecule has 1 saturated carbocycles. The summed E-state index contributed by atoms with van der Waals surface area (Å²) in [5.74, 6) is 0.0787. The molecule has 2 atom stereocenters. The van der Waals surface area contributed by atoms with E-state index in [4.69, 9.17) is 28.5 Å². The second-order valence-corrected chi connectivity index (χ2v) is 4.89. The summed E-state index contributed by atoms with van der Waals surface area (Å²) in [6, 6.07) is 7.85. The first-order valence-electron chi connectivity index (χ1n) is 5.32. The molecule has 0 radical (unpaired) electrons. The maximum atomic E-state index is 8.99. The Labute approximate surface area is 105 Å². The van der Waals surface area contributed by atoms with Crippen LogP contribution in [-0.4, -0.2) is 6.04 Å². The van der Waals surface area contributed by atoms with Crippen molar-refractivity contribution in [1.82, 2.24) is 0 Å². The highest BCUT2D eigenvalue weighted by Gasteiger charge is 2.27. The lowest BCUT2D eigenvalue weighted by atomic mass is 10.1. The maximum Gasteiger partial charge on any atom is 0.0677 e. The van der Waals surface area contributed by atoms with Crippen molar-refractivity contribution in [1.29, 1.82) is 5.26 Å². The average Bonchev–Trinajstić information content (AvgIpc) is 2.71. The summed E-state index contributed by atoms with van der Waals surface area (Å²) < 4.78 is 0. The number of hydrogen-bond acceptors (Lipinski definition) is 2. The Hall–Kier alpha value is -0.910. The zero-order valence-electron chi connectivity index (χ0n) is 8.71. The summed E-state index contributed by atoms with van der Waals surface area (Å²) in [5, 5.41) is 13.6. The molecule has 84 valence electrons. The molecule has 1 aromatic rings. The van der Waals surface area contributed by atoms with E-state index in [9.17, 15) is 0 Å². The molecule has 1 aliphatic carbocycles. The molecule has 1 aliphatic rings. The average molecular weight is 255 g/mol. The third-order valence-corrected chi connectivity index (χ3v) is 3.52. The molecule has 2 unspecified atom stereocenters. The quantitative estimate of drug-likeness (QED) is 0.863. The van der Waals surface area contributed by atoms with Gasteiger partial charge in [0.2, 0.25) is 0 Å². The van der Waals surface area contributed by atoms with Crippen LogP contribution in [0.25, 0.3) is 0 Å². The second-order valence-electron chi connectivity index (χ2n) is 4.04. The highest BCUT2D eigenvalue weighted by Crippen LogP contribution is 2.32. The normalized spacial score (nSPS) is 24.1. The van der Waals surface area contributed by atoms with Gasteiger partial charge in [0.1, 0.15) is 0 Å². The van der Waals surface area contributed by atoms with Crippen molar-refractivity contribution in [2.75, 3.05) is 5.32 Å². The molecule has 0 heterocycles. The molecule has 1 N–H and O–H groups in total. The molecular formula is C12H12Cl2N2. The molecule has 2 rings (SSSR count). The highest BCUT2D eigenvalue weighted by atomic mass is 35.5. The van der Waals surface area contributed by atoms with Crippen molar-refractivity contribution in [3.8, 4) is 6.07 Å². The number of nitrogens with zero attached hydrogens (tertiary/aromatic N) is 1. The van der Waals surface area contributed by atoms with E-state index in [0.29, 0.717) is 10.0 Å². The van der Waals surface area contributed by atoms with Gasteiger partial charge >= 0.3 is 0 Å². The fourth-order valence-corrected chi connectivity index (χ4v) is 2.44. The first kappa shape index (κ1) is 11.6. The van der Waals surface area contributed by atoms with E-state index < -0.39 is 0 Å². The van der Waals surface area contributed by atoms with E-state index in [-0.39, 0.29) is 12.0 Å². The molecule has 4 heteroatoms. The maximum absolute atomic E-state index is 8.99. The minimum absolute atomic E-state index is 0.0787. The SMILES string of the molecule is N#CC1CCCC1Nc1cc(Cl)ccc1Cl. The van der Waals surface area contributed by atoms with Crippen molar-refractivity contribution in [3.05, 3.63) is 28.2 Å². The minimum atomic E-state index is 0.0787. The molecule has 0 bridgehead atoms. The largest absolute Gasteiger partial charge is 0.380 e. The van der Waals surface area contributed by atoms with Crippen LogP contribution in [0.1, 0.15) is 19.3 Å². The zero-order chi connectivity index (χ0) is 11.5. The topological polar surface area (TPSA) is 35.8 Å². The summed E-state index contributed by atoms with van der Waals surface area (Å²) in [5.41, 5.74) is 0.821. The van der Waals surface area contributed by atoms with Crippen LogP contribution in [0, 0.1) is 17.2 Å². The molecule has 1 fully saturated rings. The van der Waals surface area contributed by atoms with Crippen molar-refractivity contribution in [2.45, 2.75) is 25.3 Å².